The van der Waals surface area contributed by atoms with E-state index < -0.39 is 10.0 Å². The van der Waals surface area contributed by atoms with Gasteiger partial charge in [0.25, 0.3) is 0 Å². The summed E-state index contributed by atoms with van der Waals surface area (Å²) in [7, 11) is -3.27. The fourth-order valence-corrected chi connectivity index (χ4v) is 4.19. The van der Waals surface area contributed by atoms with Crippen LogP contribution in [0.15, 0.2) is 33.7 Å². The summed E-state index contributed by atoms with van der Waals surface area (Å²) in [4.78, 5) is 4.54. The van der Waals surface area contributed by atoms with E-state index in [1.807, 2.05) is 38.1 Å². The summed E-state index contributed by atoms with van der Waals surface area (Å²) >= 11 is 0. The van der Waals surface area contributed by atoms with Gasteiger partial charge in [0.05, 0.1) is 5.75 Å². The largest absolute Gasteiger partial charge is 0.459 e. The third-order valence-corrected chi connectivity index (χ3v) is 6.50. The normalized spacial score (nSPS) is 15.0. The maximum absolute atomic E-state index is 12.1. The first kappa shape index (κ1) is 23.9. The molecule has 1 saturated carbocycles. The Labute approximate surface area is 190 Å². The van der Waals surface area contributed by atoms with Crippen molar-refractivity contribution in [2.24, 2.45) is 10.9 Å². The molecule has 3 rings (SSSR count). The number of guanidine groups is 1. The van der Waals surface area contributed by atoms with Crippen LogP contribution in [0.4, 0.5) is 0 Å². The minimum absolute atomic E-state index is 0. The van der Waals surface area contributed by atoms with Crippen LogP contribution in [0.5, 0.6) is 0 Å². The lowest BCUT2D eigenvalue weighted by molar-refractivity contribution is 0.316. The molecule has 1 aromatic carbocycles. The first-order valence-electron chi connectivity index (χ1n) is 9.95. The summed E-state index contributed by atoms with van der Waals surface area (Å²) in [6.45, 7) is 5.94. The monoisotopic (exact) mass is 534 g/mol. The Kier molecular flexibility index (Phi) is 9.22. The van der Waals surface area contributed by atoms with Crippen LogP contribution >= 0.6 is 24.0 Å². The Morgan fingerprint density at radius 2 is 2.00 bits per heavy atom. The molecule has 0 atom stereocenters. The number of fused-ring (bicyclic) bond motifs is 1. The van der Waals surface area contributed by atoms with Crippen molar-refractivity contribution in [2.75, 3.05) is 25.4 Å². The van der Waals surface area contributed by atoms with E-state index in [0.29, 0.717) is 38.1 Å². The molecule has 1 aliphatic rings. The summed E-state index contributed by atoms with van der Waals surface area (Å²) in [6.07, 6.45) is 3.46. The number of aliphatic imine (C=N–C) groups is 1. The molecule has 7 nitrogen and oxygen atoms in total. The molecule has 9 heteroatoms. The Balaban J connectivity index is 0.00000300. The van der Waals surface area contributed by atoms with Crippen LogP contribution in [0.3, 0.4) is 0 Å². The zero-order valence-corrected chi connectivity index (χ0v) is 20.2. The molecule has 1 aliphatic carbocycles. The zero-order chi connectivity index (χ0) is 20.0. The minimum atomic E-state index is -3.27. The Morgan fingerprint density at radius 1 is 1.24 bits per heavy atom. The highest BCUT2D eigenvalue weighted by molar-refractivity contribution is 14.0. The van der Waals surface area contributed by atoms with E-state index in [2.05, 4.69) is 20.3 Å². The number of rotatable bonds is 9. The average Bonchev–Trinajstić information content (AvgIpc) is 2.94. The van der Waals surface area contributed by atoms with Crippen molar-refractivity contribution in [3.05, 3.63) is 35.6 Å². The molecule has 3 N–H and O–H groups in total. The van der Waals surface area contributed by atoms with Crippen LogP contribution < -0.4 is 15.4 Å². The van der Waals surface area contributed by atoms with Gasteiger partial charge in [0.15, 0.2) is 5.96 Å². The standard InChI is InChI=1S/C20H30N4O3S.HI/c1-3-21-20(22-11-12-28(25,26)24-13-16-7-6-8-16)23-14-19-15(2)17-9-4-5-10-18(17)27-19;/h4-5,9-10,16,24H,3,6-8,11-14H2,1-2H3,(H2,21,22,23);1H. The van der Waals surface area contributed by atoms with Gasteiger partial charge in [-0.2, -0.15) is 0 Å². The number of nitrogens with zero attached hydrogens (tertiary/aromatic N) is 1. The highest BCUT2D eigenvalue weighted by Crippen LogP contribution is 2.26. The molecule has 0 saturated heterocycles. The van der Waals surface area contributed by atoms with E-state index in [1.165, 1.54) is 6.42 Å². The van der Waals surface area contributed by atoms with Gasteiger partial charge >= 0.3 is 0 Å². The number of furan rings is 1. The van der Waals surface area contributed by atoms with E-state index in [4.69, 9.17) is 4.42 Å². The SMILES string of the molecule is CCNC(=NCc1oc2ccccc2c1C)NCCS(=O)(=O)NCC1CCC1.I. The smallest absolute Gasteiger partial charge is 0.213 e. The van der Waals surface area contributed by atoms with Gasteiger partial charge in [-0.05, 0) is 38.7 Å². The van der Waals surface area contributed by atoms with Crippen molar-refractivity contribution in [3.63, 3.8) is 0 Å². The van der Waals surface area contributed by atoms with Gasteiger partial charge in [-0.3, -0.25) is 0 Å². The topological polar surface area (TPSA) is 95.7 Å². The second kappa shape index (κ2) is 11.2. The van der Waals surface area contributed by atoms with Gasteiger partial charge in [-0.1, -0.05) is 24.6 Å². The number of halogens is 1. The molecule has 0 bridgehead atoms. The highest BCUT2D eigenvalue weighted by atomic mass is 127. The van der Waals surface area contributed by atoms with Crippen molar-refractivity contribution in [3.8, 4) is 0 Å². The van der Waals surface area contributed by atoms with Gasteiger partial charge < -0.3 is 15.1 Å². The van der Waals surface area contributed by atoms with Crippen LogP contribution in [0, 0.1) is 12.8 Å². The first-order valence-corrected chi connectivity index (χ1v) is 11.6. The van der Waals surface area contributed by atoms with Crippen molar-refractivity contribution in [2.45, 2.75) is 39.7 Å². The third kappa shape index (κ3) is 6.85. The van der Waals surface area contributed by atoms with E-state index in [1.54, 1.807) is 0 Å². The third-order valence-electron chi connectivity index (χ3n) is 5.15. The van der Waals surface area contributed by atoms with E-state index in [9.17, 15) is 8.42 Å². The summed E-state index contributed by atoms with van der Waals surface area (Å²) in [6, 6.07) is 7.92. The summed E-state index contributed by atoms with van der Waals surface area (Å²) < 4.78 is 32.8. The van der Waals surface area contributed by atoms with Crippen LogP contribution in [-0.2, 0) is 16.6 Å². The molecule has 0 radical (unpaired) electrons. The van der Waals surface area contributed by atoms with Gasteiger partial charge in [0.1, 0.15) is 17.9 Å². The summed E-state index contributed by atoms with van der Waals surface area (Å²) in [5.41, 5.74) is 1.93. The van der Waals surface area contributed by atoms with E-state index in [0.717, 1.165) is 35.1 Å². The molecule has 1 fully saturated rings. The lowest BCUT2D eigenvalue weighted by Crippen LogP contribution is -2.42. The Bertz CT molecular complexity index is 923. The van der Waals surface area contributed by atoms with Gasteiger partial charge in [-0.25, -0.2) is 18.1 Å². The van der Waals surface area contributed by atoms with Crippen molar-refractivity contribution >= 4 is 50.9 Å². The van der Waals surface area contributed by atoms with Crippen molar-refractivity contribution in [1.29, 1.82) is 0 Å². The molecule has 0 spiro atoms. The molecule has 29 heavy (non-hydrogen) atoms. The second-order valence-corrected chi connectivity index (χ2v) is 9.16. The van der Waals surface area contributed by atoms with Crippen LogP contribution in [-0.4, -0.2) is 39.8 Å². The number of hydrogen-bond donors (Lipinski definition) is 3. The van der Waals surface area contributed by atoms with Crippen LogP contribution in [0.25, 0.3) is 11.0 Å². The van der Waals surface area contributed by atoms with Gasteiger partial charge in [-0.15, -0.1) is 24.0 Å². The lowest BCUT2D eigenvalue weighted by atomic mass is 9.86. The number of hydrogen-bond acceptors (Lipinski definition) is 4. The second-order valence-electron chi connectivity index (χ2n) is 7.23. The predicted octanol–water partition coefficient (Wildman–Crippen LogP) is 3.13. The molecular formula is C20H31IN4O3S. The molecular weight excluding hydrogens is 503 g/mol. The molecule has 1 heterocycles. The van der Waals surface area contributed by atoms with Gasteiger partial charge in [0, 0.05) is 30.6 Å². The fourth-order valence-electron chi connectivity index (χ4n) is 3.19. The van der Waals surface area contributed by atoms with E-state index in [-0.39, 0.29) is 29.7 Å². The lowest BCUT2D eigenvalue weighted by Gasteiger charge is -2.25. The number of benzene rings is 1. The number of nitrogens with one attached hydrogen (secondary N) is 3. The highest BCUT2D eigenvalue weighted by Gasteiger charge is 2.20. The van der Waals surface area contributed by atoms with Crippen molar-refractivity contribution < 1.29 is 12.8 Å². The fraction of sp³-hybridized carbons (Fsp3) is 0.550. The number of sulfonamides is 1. The van der Waals surface area contributed by atoms with Gasteiger partial charge in [0.2, 0.25) is 10.0 Å². The number of para-hydroxylation sites is 1. The maximum atomic E-state index is 12.1. The Hall–Kier alpha value is -1.33. The summed E-state index contributed by atoms with van der Waals surface area (Å²) in [5.74, 6) is 1.92. The van der Waals surface area contributed by atoms with E-state index >= 15 is 0 Å². The van der Waals surface area contributed by atoms with Crippen LogP contribution in [0.1, 0.15) is 37.5 Å². The quantitative estimate of drug-likeness (QED) is 0.261. The predicted molar refractivity (Wildman–Crippen MR) is 128 cm³/mol. The molecule has 0 amide bonds. The minimum Gasteiger partial charge on any atom is -0.459 e. The molecule has 0 unspecified atom stereocenters. The Morgan fingerprint density at radius 3 is 2.66 bits per heavy atom. The molecule has 1 aromatic heterocycles. The maximum Gasteiger partial charge on any atom is 0.213 e. The molecule has 162 valence electrons. The summed E-state index contributed by atoms with van der Waals surface area (Å²) in [5, 5.41) is 7.33. The zero-order valence-electron chi connectivity index (χ0n) is 17.0. The van der Waals surface area contributed by atoms with Crippen LogP contribution in [0.2, 0.25) is 0 Å². The molecule has 0 aliphatic heterocycles. The first-order chi connectivity index (χ1) is 13.5. The molecule has 2 aromatic rings. The average molecular weight is 534 g/mol. The number of aryl methyl sites for hydroxylation is 1. The van der Waals surface area contributed by atoms with Crippen molar-refractivity contribution in [1.82, 2.24) is 15.4 Å².